The largest absolute Gasteiger partial charge is 0.486 e. The summed E-state index contributed by atoms with van der Waals surface area (Å²) in [7, 11) is -3.65. The van der Waals surface area contributed by atoms with Gasteiger partial charge in [0.25, 0.3) is 0 Å². The highest BCUT2D eigenvalue weighted by Gasteiger charge is 2.24. The van der Waals surface area contributed by atoms with Crippen molar-refractivity contribution in [3.05, 3.63) is 42.0 Å². The van der Waals surface area contributed by atoms with Crippen molar-refractivity contribution < 1.29 is 22.7 Å². The highest BCUT2D eigenvalue weighted by atomic mass is 32.2. The SMILES string of the molecule is CCN(CC)c1ccc(S(=O)(=O)N(CC)CC)cc1NC(=O)Cc1ccc2c(c1)OCCO2. The predicted molar refractivity (Wildman–Crippen MR) is 130 cm³/mol. The van der Waals surface area contributed by atoms with Gasteiger partial charge in [-0.3, -0.25) is 4.79 Å². The van der Waals surface area contributed by atoms with Crippen molar-refractivity contribution in [2.75, 3.05) is 49.6 Å². The van der Waals surface area contributed by atoms with Gasteiger partial charge in [-0.1, -0.05) is 19.9 Å². The van der Waals surface area contributed by atoms with Gasteiger partial charge in [0.2, 0.25) is 15.9 Å². The van der Waals surface area contributed by atoms with Crippen LogP contribution < -0.4 is 19.7 Å². The zero-order valence-corrected chi connectivity index (χ0v) is 20.6. The van der Waals surface area contributed by atoms with E-state index in [1.165, 1.54) is 4.31 Å². The number of benzene rings is 2. The van der Waals surface area contributed by atoms with E-state index in [1.54, 1.807) is 44.2 Å². The van der Waals surface area contributed by atoms with E-state index in [4.69, 9.17) is 9.47 Å². The second-order valence-corrected chi connectivity index (χ2v) is 9.58. The molecular formula is C24H33N3O5S. The van der Waals surface area contributed by atoms with Crippen LogP contribution in [0.15, 0.2) is 41.3 Å². The molecule has 0 fully saturated rings. The minimum Gasteiger partial charge on any atom is -0.486 e. The standard InChI is InChI=1S/C24H33N3O5S/c1-5-26(6-2)21-11-10-19(33(29,30)27(7-3)8-4)17-20(21)25-24(28)16-18-9-12-22-23(15-18)32-14-13-31-22/h9-12,15,17H,5-8,13-14,16H2,1-4H3,(H,25,28). The first-order valence-corrected chi connectivity index (χ1v) is 12.8. The Morgan fingerprint density at radius 1 is 0.909 bits per heavy atom. The average Bonchev–Trinajstić information content (AvgIpc) is 2.81. The summed E-state index contributed by atoms with van der Waals surface area (Å²) in [6, 6.07) is 10.4. The van der Waals surface area contributed by atoms with Gasteiger partial charge in [-0.05, 0) is 49.7 Å². The summed E-state index contributed by atoms with van der Waals surface area (Å²) in [5.41, 5.74) is 2.05. The lowest BCUT2D eigenvalue weighted by Gasteiger charge is -2.26. The second kappa shape index (κ2) is 10.9. The fourth-order valence-corrected chi connectivity index (χ4v) is 5.39. The molecule has 8 nitrogen and oxygen atoms in total. The first-order valence-electron chi connectivity index (χ1n) is 11.4. The van der Waals surface area contributed by atoms with E-state index < -0.39 is 10.0 Å². The van der Waals surface area contributed by atoms with Crippen molar-refractivity contribution in [1.82, 2.24) is 4.31 Å². The lowest BCUT2D eigenvalue weighted by atomic mass is 10.1. The molecular weight excluding hydrogens is 442 g/mol. The molecule has 0 atom stereocenters. The van der Waals surface area contributed by atoms with Crippen molar-refractivity contribution in [1.29, 1.82) is 0 Å². The zero-order valence-electron chi connectivity index (χ0n) is 19.8. The zero-order chi connectivity index (χ0) is 24.0. The van der Waals surface area contributed by atoms with Gasteiger partial charge in [-0.25, -0.2) is 8.42 Å². The second-order valence-electron chi connectivity index (χ2n) is 7.64. The molecule has 9 heteroatoms. The average molecular weight is 476 g/mol. The Labute approximate surface area is 196 Å². The number of ether oxygens (including phenoxy) is 2. The number of nitrogens with one attached hydrogen (secondary N) is 1. The number of fused-ring (bicyclic) bond motifs is 1. The molecule has 0 radical (unpaired) electrons. The molecule has 33 heavy (non-hydrogen) atoms. The highest BCUT2D eigenvalue weighted by molar-refractivity contribution is 7.89. The Hall–Kier alpha value is -2.78. The molecule has 0 aliphatic carbocycles. The summed E-state index contributed by atoms with van der Waals surface area (Å²) >= 11 is 0. The van der Waals surface area contributed by atoms with Crippen LogP contribution in [0.1, 0.15) is 33.3 Å². The Balaban J connectivity index is 1.89. The van der Waals surface area contributed by atoms with E-state index in [2.05, 4.69) is 10.2 Å². The third-order valence-corrected chi connectivity index (χ3v) is 7.71. The molecule has 1 N–H and O–H groups in total. The number of carbonyl (C=O) groups excluding carboxylic acids is 1. The highest BCUT2D eigenvalue weighted by Crippen LogP contribution is 2.32. The van der Waals surface area contributed by atoms with E-state index in [0.29, 0.717) is 43.5 Å². The predicted octanol–water partition coefficient (Wildman–Crippen LogP) is 3.52. The van der Waals surface area contributed by atoms with Crippen LogP contribution in [-0.2, 0) is 21.2 Å². The van der Waals surface area contributed by atoms with Gasteiger partial charge in [0.05, 0.1) is 22.7 Å². The van der Waals surface area contributed by atoms with Gasteiger partial charge in [-0.2, -0.15) is 4.31 Å². The third-order valence-electron chi connectivity index (χ3n) is 5.66. The molecule has 2 aromatic rings. The number of sulfonamides is 1. The molecule has 1 amide bonds. The topological polar surface area (TPSA) is 88.2 Å². The summed E-state index contributed by atoms with van der Waals surface area (Å²) in [4.78, 5) is 15.2. The Morgan fingerprint density at radius 2 is 1.58 bits per heavy atom. The Morgan fingerprint density at radius 3 is 2.21 bits per heavy atom. The number of rotatable bonds is 10. The molecule has 1 aliphatic rings. The molecule has 1 heterocycles. The molecule has 1 aliphatic heterocycles. The fourth-order valence-electron chi connectivity index (χ4n) is 3.91. The molecule has 0 spiro atoms. The van der Waals surface area contributed by atoms with Crippen LogP contribution >= 0.6 is 0 Å². The summed E-state index contributed by atoms with van der Waals surface area (Å²) < 4.78 is 38.7. The maximum Gasteiger partial charge on any atom is 0.243 e. The van der Waals surface area contributed by atoms with Crippen molar-refractivity contribution in [3.63, 3.8) is 0 Å². The summed E-state index contributed by atoms with van der Waals surface area (Å²) in [5, 5.41) is 2.94. The first kappa shape index (κ1) is 24.9. The third kappa shape index (κ3) is 5.59. The van der Waals surface area contributed by atoms with Crippen LogP contribution in [0.2, 0.25) is 0 Å². The monoisotopic (exact) mass is 475 g/mol. The van der Waals surface area contributed by atoms with Crippen LogP contribution in [0.25, 0.3) is 0 Å². The molecule has 0 aromatic heterocycles. The van der Waals surface area contributed by atoms with Crippen LogP contribution in [0.3, 0.4) is 0 Å². The quantitative estimate of drug-likeness (QED) is 0.566. The molecule has 2 aromatic carbocycles. The van der Waals surface area contributed by atoms with E-state index in [-0.39, 0.29) is 17.2 Å². The van der Waals surface area contributed by atoms with Crippen molar-refractivity contribution >= 4 is 27.3 Å². The molecule has 0 bridgehead atoms. The molecule has 3 rings (SSSR count). The normalized spacial score (nSPS) is 13.1. The molecule has 0 saturated heterocycles. The fraction of sp³-hybridized carbons (Fsp3) is 0.458. The number of anilines is 2. The van der Waals surface area contributed by atoms with Crippen LogP contribution in [0.5, 0.6) is 11.5 Å². The van der Waals surface area contributed by atoms with Gasteiger partial charge in [0.1, 0.15) is 13.2 Å². The number of hydrogen-bond acceptors (Lipinski definition) is 6. The minimum absolute atomic E-state index is 0.126. The van der Waals surface area contributed by atoms with Gasteiger partial charge in [-0.15, -0.1) is 0 Å². The summed E-state index contributed by atoms with van der Waals surface area (Å²) in [6.07, 6.45) is 0.126. The summed E-state index contributed by atoms with van der Waals surface area (Å²) in [6.45, 7) is 10.8. The smallest absolute Gasteiger partial charge is 0.243 e. The first-order chi connectivity index (χ1) is 15.8. The number of amides is 1. The number of carbonyl (C=O) groups is 1. The number of nitrogens with zero attached hydrogens (tertiary/aromatic N) is 2. The van der Waals surface area contributed by atoms with E-state index in [0.717, 1.165) is 24.3 Å². The van der Waals surface area contributed by atoms with Crippen molar-refractivity contribution in [3.8, 4) is 11.5 Å². The molecule has 0 unspecified atom stereocenters. The Kier molecular flexibility index (Phi) is 8.20. The maximum atomic E-state index is 13.1. The van der Waals surface area contributed by atoms with Crippen LogP contribution in [-0.4, -0.2) is 58.0 Å². The van der Waals surface area contributed by atoms with E-state index in [1.807, 2.05) is 19.9 Å². The number of hydrogen-bond donors (Lipinski definition) is 1. The lowest BCUT2D eigenvalue weighted by molar-refractivity contribution is -0.115. The van der Waals surface area contributed by atoms with Crippen molar-refractivity contribution in [2.24, 2.45) is 0 Å². The van der Waals surface area contributed by atoms with Gasteiger partial charge < -0.3 is 19.7 Å². The summed E-state index contributed by atoms with van der Waals surface area (Å²) in [5.74, 6) is 1.06. The minimum atomic E-state index is -3.65. The van der Waals surface area contributed by atoms with E-state index >= 15 is 0 Å². The van der Waals surface area contributed by atoms with Gasteiger partial charge >= 0.3 is 0 Å². The Bertz CT molecular complexity index is 1080. The van der Waals surface area contributed by atoms with Crippen molar-refractivity contribution in [2.45, 2.75) is 39.0 Å². The van der Waals surface area contributed by atoms with Gasteiger partial charge in [0.15, 0.2) is 11.5 Å². The van der Waals surface area contributed by atoms with E-state index in [9.17, 15) is 13.2 Å². The van der Waals surface area contributed by atoms with Crippen LogP contribution in [0, 0.1) is 0 Å². The maximum absolute atomic E-state index is 13.1. The molecule has 0 saturated carbocycles. The van der Waals surface area contributed by atoms with Crippen LogP contribution in [0.4, 0.5) is 11.4 Å². The van der Waals surface area contributed by atoms with Gasteiger partial charge in [0, 0.05) is 26.2 Å². The lowest BCUT2D eigenvalue weighted by Crippen LogP contribution is -2.31. The molecule has 180 valence electrons.